The fourth-order valence-electron chi connectivity index (χ4n) is 1.75. The predicted molar refractivity (Wildman–Crippen MR) is 85.5 cm³/mol. The molecule has 1 amide bonds. The molecule has 0 bridgehead atoms. The first-order valence-corrected chi connectivity index (χ1v) is 7.99. The number of amides is 1. The second-order valence-corrected chi connectivity index (χ2v) is 5.83. The summed E-state index contributed by atoms with van der Waals surface area (Å²) in [5, 5.41) is 5.43. The van der Waals surface area contributed by atoms with E-state index in [1.54, 1.807) is 0 Å². The van der Waals surface area contributed by atoms with E-state index in [2.05, 4.69) is 29.4 Å². The first-order valence-electron chi connectivity index (χ1n) is 6.57. The molecule has 1 aromatic heterocycles. The van der Waals surface area contributed by atoms with Crippen LogP contribution in [0.4, 0.5) is 5.13 Å². The average Bonchev–Trinajstić information content (AvgIpc) is 2.88. The molecule has 3 nitrogen and oxygen atoms in total. The zero-order chi connectivity index (χ0) is 14.4. The molecule has 0 aliphatic heterocycles. The van der Waals surface area contributed by atoms with E-state index in [4.69, 9.17) is 11.6 Å². The Balaban J connectivity index is 1.95. The molecular formula is C15H17ClN2OS. The van der Waals surface area contributed by atoms with E-state index in [-0.39, 0.29) is 5.91 Å². The standard InChI is InChI=1S/C15H17ClN2OS/c1-11-5-7-12(8-6-11)13-10-20-15(17-13)18-14(19)4-2-3-9-16/h5-8,10H,2-4,9H2,1H3,(H,17,18,19). The lowest BCUT2D eigenvalue weighted by Gasteiger charge is -2.00. The molecule has 0 unspecified atom stereocenters. The van der Waals surface area contributed by atoms with Crippen molar-refractivity contribution in [3.8, 4) is 11.3 Å². The molecule has 0 aliphatic rings. The number of hydrogen-bond acceptors (Lipinski definition) is 3. The number of rotatable bonds is 6. The summed E-state index contributed by atoms with van der Waals surface area (Å²) >= 11 is 7.03. The summed E-state index contributed by atoms with van der Waals surface area (Å²) in [7, 11) is 0. The third-order valence-electron chi connectivity index (χ3n) is 2.89. The molecule has 1 heterocycles. The van der Waals surface area contributed by atoms with Gasteiger partial charge in [-0.2, -0.15) is 0 Å². The van der Waals surface area contributed by atoms with Gasteiger partial charge >= 0.3 is 0 Å². The Morgan fingerprint density at radius 1 is 1.30 bits per heavy atom. The molecule has 106 valence electrons. The van der Waals surface area contributed by atoms with Gasteiger partial charge in [-0.1, -0.05) is 29.8 Å². The van der Waals surface area contributed by atoms with Crippen LogP contribution in [0, 0.1) is 6.92 Å². The predicted octanol–water partition coefficient (Wildman–Crippen LogP) is 4.47. The molecule has 0 aliphatic carbocycles. The molecule has 1 aromatic carbocycles. The number of carbonyl (C=O) groups excluding carboxylic acids is 1. The maximum Gasteiger partial charge on any atom is 0.226 e. The van der Waals surface area contributed by atoms with Gasteiger partial charge in [0.25, 0.3) is 0 Å². The Morgan fingerprint density at radius 3 is 2.75 bits per heavy atom. The number of benzene rings is 1. The van der Waals surface area contributed by atoms with Crippen molar-refractivity contribution in [2.45, 2.75) is 26.2 Å². The van der Waals surface area contributed by atoms with Gasteiger partial charge in [-0.15, -0.1) is 22.9 Å². The second kappa shape index (κ2) is 7.41. The number of alkyl halides is 1. The molecule has 0 saturated carbocycles. The van der Waals surface area contributed by atoms with Gasteiger partial charge < -0.3 is 5.32 Å². The summed E-state index contributed by atoms with van der Waals surface area (Å²) in [6.07, 6.45) is 2.17. The van der Waals surface area contributed by atoms with Crippen LogP contribution in [-0.4, -0.2) is 16.8 Å². The molecular weight excluding hydrogens is 292 g/mol. The Labute approximate surface area is 128 Å². The van der Waals surface area contributed by atoms with Crippen molar-refractivity contribution in [2.75, 3.05) is 11.2 Å². The van der Waals surface area contributed by atoms with Gasteiger partial charge in [0.15, 0.2) is 5.13 Å². The van der Waals surface area contributed by atoms with Crippen LogP contribution in [0.5, 0.6) is 0 Å². The second-order valence-electron chi connectivity index (χ2n) is 4.60. The molecule has 2 aromatic rings. The third kappa shape index (κ3) is 4.32. The van der Waals surface area contributed by atoms with Gasteiger partial charge in [0.05, 0.1) is 5.69 Å². The molecule has 1 N–H and O–H groups in total. The van der Waals surface area contributed by atoms with Crippen molar-refractivity contribution < 1.29 is 4.79 Å². The van der Waals surface area contributed by atoms with Crippen molar-refractivity contribution in [2.24, 2.45) is 0 Å². The molecule has 0 atom stereocenters. The van der Waals surface area contributed by atoms with E-state index in [9.17, 15) is 4.79 Å². The lowest BCUT2D eigenvalue weighted by molar-refractivity contribution is -0.116. The molecule has 0 saturated heterocycles. The van der Waals surface area contributed by atoms with Crippen LogP contribution < -0.4 is 5.32 Å². The molecule has 5 heteroatoms. The van der Waals surface area contributed by atoms with Crippen molar-refractivity contribution in [1.82, 2.24) is 4.98 Å². The number of aromatic nitrogens is 1. The highest BCUT2D eigenvalue weighted by Crippen LogP contribution is 2.25. The number of carbonyl (C=O) groups is 1. The summed E-state index contributed by atoms with van der Waals surface area (Å²) < 4.78 is 0. The summed E-state index contributed by atoms with van der Waals surface area (Å²) in [4.78, 5) is 16.1. The van der Waals surface area contributed by atoms with Gasteiger partial charge in [0, 0.05) is 23.2 Å². The lowest BCUT2D eigenvalue weighted by atomic mass is 10.1. The molecule has 0 fully saturated rings. The third-order valence-corrected chi connectivity index (χ3v) is 3.91. The molecule has 0 radical (unpaired) electrons. The van der Waals surface area contributed by atoms with E-state index in [0.717, 1.165) is 24.1 Å². The van der Waals surface area contributed by atoms with E-state index >= 15 is 0 Å². The fourth-order valence-corrected chi connectivity index (χ4v) is 2.67. The van der Waals surface area contributed by atoms with E-state index in [1.807, 2.05) is 17.5 Å². The number of nitrogens with one attached hydrogen (secondary N) is 1. The summed E-state index contributed by atoms with van der Waals surface area (Å²) in [6, 6.07) is 8.19. The number of anilines is 1. The number of aryl methyl sites for hydroxylation is 1. The van der Waals surface area contributed by atoms with Crippen LogP contribution in [0.15, 0.2) is 29.6 Å². The van der Waals surface area contributed by atoms with E-state index in [0.29, 0.717) is 17.4 Å². The highest BCUT2D eigenvalue weighted by molar-refractivity contribution is 7.14. The van der Waals surface area contributed by atoms with Crippen molar-refractivity contribution >= 4 is 34.0 Å². The largest absolute Gasteiger partial charge is 0.302 e. The number of unbranched alkanes of at least 4 members (excludes halogenated alkanes) is 1. The van der Waals surface area contributed by atoms with E-state index in [1.165, 1.54) is 16.9 Å². The van der Waals surface area contributed by atoms with Crippen molar-refractivity contribution in [1.29, 1.82) is 0 Å². The van der Waals surface area contributed by atoms with Gasteiger partial charge in [-0.25, -0.2) is 4.98 Å². The minimum Gasteiger partial charge on any atom is -0.302 e. The van der Waals surface area contributed by atoms with Gasteiger partial charge in [0.1, 0.15) is 0 Å². The summed E-state index contributed by atoms with van der Waals surface area (Å²) in [5.41, 5.74) is 3.18. The first kappa shape index (κ1) is 15.0. The van der Waals surface area contributed by atoms with Crippen LogP contribution in [-0.2, 0) is 4.79 Å². The maximum atomic E-state index is 11.7. The average molecular weight is 309 g/mol. The van der Waals surface area contributed by atoms with Gasteiger partial charge in [-0.3, -0.25) is 4.79 Å². The normalized spacial score (nSPS) is 10.5. The Kier molecular flexibility index (Phi) is 5.56. The van der Waals surface area contributed by atoms with Crippen LogP contribution in [0.25, 0.3) is 11.3 Å². The summed E-state index contributed by atoms with van der Waals surface area (Å²) in [5.74, 6) is 0.599. The lowest BCUT2D eigenvalue weighted by Crippen LogP contribution is -2.10. The van der Waals surface area contributed by atoms with Crippen LogP contribution in [0.3, 0.4) is 0 Å². The van der Waals surface area contributed by atoms with Crippen LogP contribution in [0.1, 0.15) is 24.8 Å². The molecule has 0 spiro atoms. The fraction of sp³-hybridized carbons (Fsp3) is 0.333. The monoisotopic (exact) mass is 308 g/mol. The van der Waals surface area contributed by atoms with Crippen LogP contribution in [0.2, 0.25) is 0 Å². The molecule has 2 rings (SSSR count). The molecule has 20 heavy (non-hydrogen) atoms. The quantitative estimate of drug-likeness (QED) is 0.632. The van der Waals surface area contributed by atoms with E-state index < -0.39 is 0 Å². The minimum atomic E-state index is -0.0000715. The Bertz CT molecular complexity index is 566. The van der Waals surface area contributed by atoms with Crippen molar-refractivity contribution in [3.05, 3.63) is 35.2 Å². The minimum absolute atomic E-state index is 0.0000715. The number of halogens is 1. The number of hydrogen-bond donors (Lipinski definition) is 1. The maximum absolute atomic E-state index is 11.7. The number of thiazole rings is 1. The number of nitrogens with zero attached hydrogens (tertiary/aromatic N) is 1. The van der Waals surface area contributed by atoms with Crippen LogP contribution >= 0.6 is 22.9 Å². The van der Waals surface area contributed by atoms with Gasteiger partial charge in [0.2, 0.25) is 5.91 Å². The smallest absolute Gasteiger partial charge is 0.226 e. The zero-order valence-corrected chi connectivity index (χ0v) is 12.9. The highest BCUT2D eigenvalue weighted by atomic mass is 35.5. The zero-order valence-electron chi connectivity index (χ0n) is 11.4. The van der Waals surface area contributed by atoms with Crippen molar-refractivity contribution in [3.63, 3.8) is 0 Å². The van der Waals surface area contributed by atoms with Gasteiger partial charge in [-0.05, 0) is 19.8 Å². The Morgan fingerprint density at radius 2 is 2.05 bits per heavy atom. The Hall–Kier alpha value is -1.39. The first-order chi connectivity index (χ1) is 9.69. The highest BCUT2D eigenvalue weighted by Gasteiger charge is 2.07. The topological polar surface area (TPSA) is 42.0 Å². The summed E-state index contributed by atoms with van der Waals surface area (Å²) in [6.45, 7) is 2.05. The SMILES string of the molecule is Cc1ccc(-c2csc(NC(=O)CCCCCl)n2)cc1.